The molecule has 108 valence electrons. The summed E-state index contributed by atoms with van der Waals surface area (Å²) in [6, 6.07) is 7.60. The maximum atomic E-state index is 12.7. The first-order chi connectivity index (χ1) is 10.2. The van der Waals surface area contributed by atoms with Gasteiger partial charge in [0.05, 0.1) is 17.5 Å². The molecule has 0 N–H and O–H groups in total. The summed E-state index contributed by atoms with van der Waals surface area (Å²) in [4.78, 5) is 29.0. The molecule has 1 saturated heterocycles. The van der Waals surface area contributed by atoms with Gasteiger partial charge < -0.3 is 4.74 Å². The van der Waals surface area contributed by atoms with E-state index in [4.69, 9.17) is 4.74 Å². The number of thioether (sulfide) groups is 1. The van der Waals surface area contributed by atoms with E-state index in [1.807, 2.05) is 24.3 Å². The molecule has 0 unspecified atom stereocenters. The molecule has 5 nitrogen and oxygen atoms in total. The lowest BCUT2D eigenvalue weighted by atomic mass is 10.2. The second kappa shape index (κ2) is 4.87. The Morgan fingerprint density at radius 2 is 2.00 bits per heavy atom. The zero-order chi connectivity index (χ0) is 14.4. The fraction of sp³-hybridized carbons (Fsp3) is 0.400. The van der Waals surface area contributed by atoms with Crippen molar-refractivity contribution in [1.82, 2.24) is 9.55 Å². The maximum Gasteiger partial charge on any atom is 0.319 e. The van der Waals surface area contributed by atoms with Gasteiger partial charge in [-0.2, -0.15) is 0 Å². The van der Waals surface area contributed by atoms with E-state index in [-0.39, 0.29) is 22.8 Å². The van der Waals surface area contributed by atoms with Gasteiger partial charge in [0.2, 0.25) is 0 Å². The van der Waals surface area contributed by atoms with Crippen LogP contribution in [0.1, 0.15) is 25.3 Å². The summed E-state index contributed by atoms with van der Waals surface area (Å²) < 4.78 is 6.76. The van der Waals surface area contributed by atoms with Crippen molar-refractivity contribution >= 4 is 28.6 Å². The lowest BCUT2D eigenvalue weighted by Gasteiger charge is -2.13. The Bertz CT molecular complexity index is 782. The first-order valence-corrected chi connectivity index (χ1v) is 7.96. The largest absolute Gasteiger partial charge is 0.465 e. The van der Waals surface area contributed by atoms with Gasteiger partial charge in [0.15, 0.2) is 5.16 Å². The zero-order valence-corrected chi connectivity index (χ0v) is 12.1. The van der Waals surface area contributed by atoms with E-state index in [0.29, 0.717) is 29.1 Å². The highest BCUT2D eigenvalue weighted by Crippen LogP contribution is 2.38. The highest BCUT2D eigenvalue weighted by Gasteiger charge is 2.33. The number of rotatable bonds is 3. The first kappa shape index (κ1) is 12.9. The smallest absolute Gasteiger partial charge is 0.319 e. The van der Waals surface area contributed by atoms with Crippen molar-refractivity contribution in [2.24, 2.45) is 0 Å². The van der Waals surface area contributed by atoms with E-state index in [0.717, 1.165) is 12.8 Å². The van der Waals surface area contributed by atoms with Crippen LogP contribution in [0.3, 0.4) is 0 Å². The molecule has 2 heterocycles. The van der Waals surface area contributed by atoms with Crippen LogP contribution >= 0.6 is 11.8 Å². The van der Waals surface area contributed by atoms with Crippen molar-refractivity contribution in [2.45, 2.75) is 35.7 Å². The van der Waals surface area contributed by atoms with Crippen LogP contribution in [0, 0.1) is 0 Å². The van der Waals surface area contributed by atoms with Gasteiger partial charge in [-0.25, -0.2) is 4.98 Å². The Morgan fingerprint density at radius 1 is 1.19 bits per heavy atom. The van der Waals surface area contributed by atoms with Gasteiger partial charge in [-0.1, -0.05) is 23.9 Å². The highest BCUT2D eigenvalue weighted by atomic mass is 32.2. The Labute approximate surface area is 125 Å². The molecular formula is C15H14N2O3S. The number of ether oxygens (including phenoxy) is 1. The number of fused-ring (bicyclic) bond motifs is 1. The molecule has 1 aromatic carbocycles. The Balaban J connectivity index is 1.84. The number of hydrogen-bond donors (Lipinski definition) is 0. The van der Waals surface area contributed by atoms with Crippen LogP contribution in [-0.4, -0.2) is 27.4 Å². The normalized spacial score (nSPS) is 21.7. The summed E-state index contributed by atoms with van der Waals surface area (Å²) in [5.74, 6) is -0.204. The number of para-hydroxylation sites is 1. The molecular weight excluding hydrogens is 288 g/mol. The molecule has 6 heteroatoms. The predicted octanol–water partition coefficient (Wildman–Crippen LogP) is 2.14. The number of nitrogens with zero attached hydrogens (tertiary/aromatic N) is 2. The van der Waals surface area contributed by atoms with Crippen LogP contribution in [0.25, 0.3) is 10.9 Å². The van der Waals surface area contributed by atoms with Crippen molar-refractivity contribution in [3.05, 3.63) is 34.6 Å². The average molecular weight is 302 g/mol. The van der Waals surface area contributed by atoms with Crippen molar-refractivity contribution in [1.29, 1.82) is 0 Å². The highest BCUT2D eigenvalue weighted by molar-refractivity contribution is 8.00. The van der Waals surface area contributed by atoms with E-state index in [9.17, 15) is 9.59 Å². The molecule has 1 aromatic heterocycles. The lowest BCUT2D eigenvalue weighted by Crippen LogP contribution is -2.24. The Morgan fingerprint density at radius 3 is 2.71 bits per heavy atom. The van der Waals surface area contributed by atoms with Crippen LogP contribution in [-0.2, 0) is 9.53 Å². The van der Waals surface area contributed by atoms with Crippen molar-refractivity contribution in [2.75, 3.05) is 6.61 Å². The SMILES string of the molecule is O=C1OCC[C@H]1Sc1nc2ccccc2c(=O)n1C1CC1. The summed E-state index contributed by atoms with van der Waals surface area (Å²) in [7, 11) is 0. The molecule has 1 saturated carbocycles. The molecule has 21 heavy (non-hydrogen) atoms. The number of aromatic nitrogens is 2. The quantitative estimate of drug-likeness (QED) is 0.642. The van der Waals surface area contributed by atoms with E-state index in [2.05, 4.69) is 4.98 Å². The molecule has 1 aliphatic carbocycles. The number of cyclic esters (lactones) is 1. The monoisotopic (exact) mass is 302 g/mol. The van der Waals surface area contributed by atoms with Crippen LogP contribution in [0.15, 0.2) is 34.2 Å². The zero-order valence-electron chi connectivity index (χ0n) is 11.3. The molecule has 0 radical (unpaired) electrons. The fourth-order valence-electron chi connectivity index (χ4n) is 2.58. The van der Waals surface area contributed by atoms with Gasteiger partial charge in [0.25, 0.3) is 5.56 Å². The second-order valence-corrected chi connectivity index (χ2v) is 6.55. The Hall–Kier alpha value is -1.82. The summed E-state index contributed by atoms with van der Waals surface area (Å²) in [5, 5.41) is 1.04. The minimum atomic E-state index is -0.247. The molecule has 2 aromatic rings. The van der Waals surface area contributed by atoms with E-state index >= 15 is 0 Å². The van der Waals surface area contributed by atoms with Gasteiger partial charge in [0, 0.05) is 12.5 Å². The summed E-state index contributed by atoms with van der Waals surface area (Å²) >= 11 is 1.36. The van der Waals surface area contributed by atoms with Gasteiger partial charge in [-0.3, -0.25) is 14.2 Å². The molecule has 0 bridgehead atoms. The molecule has 4 rings (SSSR count). The number of hydrogen-bond acceptors (Lipinski definition) is 5. The van der Waals surface area contributed by atoms with Gasteiger partial charge >= 0.3 is 5.97 Å². The number of carbonyl (C=O) groups excluding carboxylic acids is 1. The van der Waals surface area contributed by atoms with Crippen molar-refractivity contribution in [3.8, 4) is 0 Å². The number of benzene rings is 1. The topological polar surface area (TPSA) is 61.2 Å². The van der Waals surface area contributed by atoms with Crippen molar-refractivity contribution < 1.29 is 9.53 Å². The third kappa shape index (κ3) is 2.23. The van der Waals surface area contributed by atoms with Gasteiger partial charge in [0.1, 0.15) is 5.25 Å². The third-order valence-corrected chi connectivity index (χ3v) is 5.03. The molecule has 0 spiro atoms. The minimum absolute atomic E-state index is 0.00281. The molecule has 0 amide bonds. The molecule has 2 aliphatic rings. The van der Waals surface area contributed by atoms with Crippen LogP contribution in [0.5, 0.6) is 0 Å². The average Bonchev–Trinajstić information content (AvgIpc) is 3.24. The van der Waals surface area contributed by atoms with Gasteiger partial charge in [-0.05, 0) is 25.0 Å². The van der Waals surface area contributed by atoms with Crippen LogP contribution in [0.2, 0.25) is 0 Å². The number of esters is 1. The predicted molar refractivity (Wildman–Crippen MR) is 79.5 cm³/mol. The first-order valence-electron chi connectivity index (χ1n) is 7.08. The van der Waals surface area contributed by atoms with E-state index in [1.54, 1.807) is 4.57 Å². The third-order valence-electron chi connectivity index (χ3n) is 3.82. The Kier molecular flexibility index (Phi) is 2.99. The summed E-state index contributed by atoms with van der Waals surface area (Å²) in [5.41, 5.74) is 0.685. The van der Waals surface area contributed by atoms with Crippen LogP contribution in [0.4, 0.5) is 0 Å². The fourth-order valence-corrected chi connectivity index (χ4v) is 3.70. The lowest BCUT2D eigenvalue weighted by molar-refractivity contribution is -0.137. The van der Waals surface area contributed by atoms with E-state index in [1.165, 1.54) is 11.8 Å². The van der Waals surface area contributed by atoms with E-state index < -0.39 is 0 Å². The molecule has 2 fully saturated rings. The maximum absolute atomic E-state index is 12.7. The molecule has 1 atom stereocenters. The van der Waals surface area contributed by atoms with Crippen molar-refractivity contribution in [3.63, 3.8) is 0 Å². The standard InChI is InChI=1S/C15H14N2O3S/c18-13-10-3-1-2-4-11(10)16-15(17(13)9-5-6-9)21-12-7-8-20-14(12)19/h1-4,9,12H,5-8H2/t12-/m1/s1. The van der Waals surface area contributed by atoms with Gasteiger partial charge in [-0.15, -0.1) is 0 Å². The molecule has 1 aliphatic heterocycles. The second-order valence-electron chi connectivity index (χ2n) is 5.38. The number of carbonyl (C=O) groups is 1. The summed E-state index contributed by atoms with van der Waals surface area (Å²) in [6.07, 6.45) is 2.68. The summed E-state index contributed by atoms with van der Waals surface area (Å²) in [6.45, 7) is 0.456. The minimum Gasteiger partial charge on any atom is -0.465 e. The van der Waals surface area contributed by atoms with Crippen LogP contribution < -0.4 is 5.56 Å².